The molecule has 17 heavy (non-hydrogen) atoms. The van der Waals surface area contributed by atoms with Gasteiger partial charge >= 0.3 is 6.18 Å². The quantitative estimate of drug-likeness (QED) is 0.619. The van der Waals surface area contributed by atoms with Crippen molar-refractivity contribution in [3.63, 3.8) is 0 Å². The highest BCUT2D eigenvalue weighted by molar-refractivity contribution is 5.22. The third kappa shape index (κ3) is 5.70. The van der Waals surface area contributed by atoms with E-state index in [4.69, 9.17) is 5.84 Å². The van der Waals surface area contributed by atoms with Gasteiger partial charge in [-0.3, -0.25) is 11.3 Å². The molecule has 0 saturated carbocycles. The van der Waals surface area contributed by atoms with Gasteiger partial charge in [-0.25, -0.2) is 0 Å². The van der Waals surface area contributed by atoms with E-state index in [0.29, 0.717) is 6.42 Å². The van der Waals surface area contributed by atoms with E-state index in [9.17, 15) is 13.2 Å². The molecule has 1 unspecified atom stereocenters. The van der Waals surface area contributed by atoms with E-state index >= 15 is 0 Å². The Labute approximate surface area is 99.0 Å². The van der Waals surface area contributed by atoms with Crippen molar-refractivity contribution in [2.24, 2.45) is 5.84 Å². The zero-order valence-electron chi connectivity index (χ0n) is 9.72. The van der Waals surface area contributed by atoms with Gasteiger partial charge in [0.05, 0.1) is 0 Å². The molecule has 0 fully saturated rings. The molecular formula is C12H17F3N2. The van der Waals surface area contributed by atoms with Gasteiger partial charge in [0, 0.05) is 12.5 Å². The molecule has 5 heteroatoms. The van der Waals surface area contributed by atoms with Crippen molar-refractivity contribution in [2.75, 3.05) is 0 Å². The molecule has 0 saturated heterocycles. The molecule has 0 aliphatic heterocycles. The molecule has 0 radical (unpaired) electrons. The molecule has 0 aromatic heterocycles. The monoisotopic (exact) mass is 246 g/mol. The standard InChI is InChI=1S/C12H17F3N2/c1-9-2-4-10(5-3-9)8-11(17-16)6-7-12(13,14)15/h2-5,11,17H,6-8,16H2,1H3. The number of rotatable bonds is 5. The van der Waals surface area contributed by atoms with Crippen molar-refractivity contribution >= 4 is 0 Å². The summed E-state index contributed by atoms with van der Waals surface area (Å²) in [5.41, 5.74) is 4.55. The number of nitrogens with one attached hydrogen (secondary N) is 1. The van der Waals surface area contributed by atoms with Crippen LogP contribution in [-0.4, -0.2) is 12.2 Å². The molecule has 0 bridgehead atoms. The van der Waals surface area contributed by atoms with E-state index in [1.807, 2.05) is 31.2 Å². The fraction of sp³-hybridized carbons (Fsp3) is 0.500. The number of alkyl halides is 3. The Morgan fingerprint density at radius 3 is 2.29 bits per heavy atom. The molecule has 3 N–H and O–H groups in total. The van der Waals surface area contributed by atoms with Crippen LogP contribution in [0.4, 0.5) is 13.2 Å². The molecule has 0 aliphatic rings. The lowest BCUT2D eigenvalue weighted by atomic mass is 10.0. The predicted octanol–water partition coefficient (Wildman–Crippen LogP) is 2.71. The number of halogens is 3. The van der Waals surface area contributed by atoms with Gasteiger partial charge in [0.15, 0.2) is 0 Å². The predicted molar refractivity (Wildman–Crippen MR) is 61.3 cm³/mol. The maximum atomic E-state index is 12.1. The van der Waals surface area contributed by atoms with Crippen molar-refractivity contribution in [3.8, 4) is 0 Å². The van der Waals surface area contributed by atoms with E-state index in [2.05, 4.69) is 5.43 Å². The summed E-state index contributed by atoms with van der Waals surface area (Å²) in [7, 11) is 0. The Balaban J connectivity index is 2.49. The zero-order chi connectivity index (χ0) is 12.9. The summed E-state index contributed by atoms with van der Waals surface area (Å²) in [5.74, 6) is 5.26. The second kappa shape index (κ2) is 6.02. The molecule has 0 aliphatic carbocycles. The Kier molecular flexibility index (Phi) is 4.96. The summed E-state index contributed by atoms with van der Waals surface area (Å²) in [4.78, 5) is 0. The highest BCUT2D eigenvalue weighted by Gasteiger charge is 2.28. The van der Waals surface area contributed by atoms with Gasteiger partial charge < -0.3 is 0 Å². The Hall–Kier alpha value is -1.07. The fourth-order valence-corrected chi connectivity index (χ4v) is 1.59. The number of nitrogens with two attached hydrogens (primary N) is 1. The van der Waals surface area contributed by atoms with Crippen molar-refractivity contribution in [3.05, 3.63) is 35.4 Å². The first kappa shape index (κ1) is 14.0. The first-order valence-electron chi connectivity index (χ1n) is 5.49. The van der Waals surface area contributed by atoms with E-state index < -0.39 is 12.6 Å². The average molecular weight is 246 g/mol. The summed E-state index contributed by atoms with van der Waals surface area (Å²) >= 11 is 0. The highest BCUT2D eigenvalue weighted by atomic mass is 19.4. The number of hydrogen-bond acceptors (Lipinski definition) is 2. The summed E-state index contributed by atoms with van der Waals surface area (Å²) in [6.45, 7) is 1.96. The summed E-state index contributed by atoms with van der Waals surface area (Å²) in [5, 5.41) is 0. The lowest BCUT2D eigenvalue weighted by Gasteiger charge is -2.17. The van der Waals surface area contributed by atoms with Crippen molar-refractivity contribution < 1.29 is 13.2 Å². The zero-order valence-corrected chi connectivity index (χ0v) is 9.72. The topological polar surface area (TPSA) is 38.0 Å². The number of hydrogen-bond donors (Lipinski definition) is 2. The van der Waals surface area contributed by atoms with Crippen LogP contribution < -0.4 is 11.3 Å². The van der Waals surface area contributed by atoms with Crippen molar-refractivity contribution in [1.82, 2.24) is 5.43 Å². The van der Waals surface area contributed by atoms with Gasteiger partial charge in [-0.1, -0.05) is 29.8 Å². The largest absolute Gasteiger partial charge is 0.389 e. The van der Waals surface area contributed by atoms with Crippen LogP contribution in [0, 0.1) is 6.92 Å². The number of hydrazine groups is 1. The molecule has 2 nitrogen and oxygen atoms in total. The molecule has 1 rings (SSSR count). The molecule has 1 aromatic rings. The minimum atomic E-state index is -4.12. The summed E-state index contributed by atoms with van der Waals surface area (Å²) in [6.07, 6.45) is -4.43. The maximum Gasteiger partial charge on any atom is 0.389 e. The molecule has 1 aromatic carbocycles. The van der Waals surface area contributed by atoms with Crippen molar-refractivity contribution in [2.45, 2.75) is 38.4 Å². The molecule has 0 heterocycles. The normalized spacial score (nSPS) is 13.7. The first-order valence-corrected chi connectivity index (χ1v) is 5.49. The third-order valence-electron chi connectivity index (χ3n) is 2.61. The Bertz CT molecular complexity index is 333. The summed E-state index contributed by atoms with van der Waals surface area (Å²) in [6, 6.07) is 7.35. The minimum Gasteiger partial charge on any atom is -0.271 e. The molecular weight excluding hydrogens is 229 g/mol. The van der Waals surface area contributed by atoms with Gasteiger partial charge in [0.1, 0.15) is 0 Å². The lowest BCUT2D eigenvalue weighted by Crippen LogP contribution is -2.37. The molecule has 0 spiro atoms. The minimum absolute atomic E-state index is 0.00607. The van der Waals surface area contributed by atoms with E-state index in [-0.39, 0.29) is 12.5 Å². The fourth-order valence-electron chi connectivity index (χ4n) is 1.59. The first-order chi connectivity index (χ1) is 7.90. The van der Waals surface area contributed by atoms with Gasteiger partial charge in [-0.2, -0.15) is 13.2 Å². The molecule has 1 atom stereocenters. The second-order valence-corrected chi connectivity index (χ2v) is 4.21. The Morgan fingerprint density at radius 2 is 1.82 bits per heavy atom. The van der Waals surface area contributed by atoms with Gasteiger partial charge in [0.25, 0.3) is 0 Å². The summed E-state index contributed by atoms with van der Waals surface area (Å²) < 4.78 is 36.2. The van der Waals surface area contributed by atoms with Crippen LogP contribution in [0.1, 0.15) is 24.0 Å². The van der Waals surface area contributed by atoms with Crippen LogP contribution in [-0.2, 0) is 6.42 Å². The van der Waals surface area contributed by atoms with Crippen LogP contribution in [0.15, 0.2) is 24.3 Å². The van der Waals surface area contributed by atoms with Gasteiger partial charge in [-0.15, -0.1) is 0 Å². The van der Waals surface area contributed by atoms with Crippen LogP contribution in [0.25, 0.3) is 0 Å². The van der Waals surface area contributed by atoms with Crippen molar-refractivity contribution in [1.29, 1.82) is 0 Å². The second-order valence-electron chi connectivity index (χ2n) is 4.21. The lowest BCUT2D eigenvalue weighted by molar-refractivity contribution is -0.136. The van der Waals surface area contributed by atoms with E-state index in [1.165, 1.54) is 0 Å². The van der Waals surface area contributed by atoms with Gasteiger partial charge in [-0.05, 0) is 25.3 Å². The smallest absolute Gasteiger partial charge is 0.271 e. The third-order valence-corrected chi connectivity index (χ3v) is 2.61. The SMILES string of the molecule is Cc1ccc(CC(CCC(F)(F)F)NN)cc1. The number of benzene rings is 1. The van der Waals surface area contributed by atoms with Crippen LogP contribution in [0.5, 0.6) is 0 Å². The highest BCUT2D eigenvalue weighted by Crippen LogP contribution is 2.23. The van der Waals surface area contributed by atoms with E-state index in [0.717, 1.165) is 11.1 Å². The Morgan fingerprint density at radius 1 is 1.24 bits per heavy atom. The van der Waals surface area contributed by atoms with Gasteiger partial charge in [0.2, 0.25) is 0 Å². The molecule has 0 amide bonds. The number of aryl methyl sites for hydroxylation is 1. The van der Waals surface area contributed by atoms with Crippen LogP contribution in [0.2, 0.25) is 0 Å². The molecule has 96 valence electrons. The average Bonchev–Trinajstić information content (AvgIpc) is 2.25. The van der Waals surface area contributed by atoms with Crippen LogP contribution in [0.3, 0.4) is 0 Å². The van der Waals surface area contributed by atoms with E-state index in [1.54, 1.807) is 0 Å². The van der Waals surface area contributed by atoms with Crippen LogP contribution >= 0.6 is 0 Å². The maximum absolute atomic E-state index is 12.1.